The molecule has 0 aliphatic rings. The predicted octanol–water partition coefficient (Wildman–Crippen LogP) is 2.34. The molecule has 3 N–H and O–H groups in total. The zero-order chi connectivity index (χ0) is 14.5. The number of nitrogen functional groups attached to an aromatic ring is 1. The van der Waals surface area contributed by atoms with Crippen LogP contribution in [-0.2, 0) is 11.3 Å². The molecule has 0 saturated heterocycles. The summed E-state index contributed by atoms with van der Waals surface area (Å²) in [5.41, 5.74) is 7.36. The molecule has 2 rings (SSSR count). The lowest BCUT2D eigenvalue weighted by Gasteiger charge is -2.10. The van der Waals surface area contributed by atoms with Gasteiger partial charge in [0, 0.05) is 0 Å². The van der Waals surface area contributed by atoms with Gasteiger partial charge in [-0.2, -0.15) is 0 Å². The van der Waals surface area contributed by atoms with Crippen molar-refractivity contribution in [3.8, 4) is 11.5 Å². The summed E-state index contributed by atoms with van der Waals surface area (Å²) in [6.07, 6.45) is 0. The summed E-state index contributed by atoms with van der Waals surface area (Å²) in [6.45, 7) is -0.0176. The summed E-state index contributed by atoms with van der Waals surface area (Å²) >= 11 is 0. The summed E-state index contributed by atoms with van der Waals surface area (Å²) < 4.78 is 10.2. The average molecular weight is 273 g/mol. The van der Waals surface area contributed by atoms with Gasteiger partial charge in [0.15, 0.2) is 0 Å². The molecule has 0 heterocycles. The fourth-order valence-electron chi connectivity index (χ4n) is 1.68. The molecule has 0 bridgehead atoms. The van der Waals surface area contributed by atoms with Crippen LogP contribution < -0.4 is 10.5 Å². The molecule has 0 aromatic heterocycles. The van der Waals surface area contributed by atoms with Crippen LogP contribution >= 0.6 is 0 Å². The number of hydrogen-bond acceptors (Lipinski definition) is 5. The van der Waals surface area contributed by atoms with Crippen LogP contribution in [0.1, 0.15) is 15.9 Å². The van der Waals surface area contributed by atoms with E-state index in [4.69, 9.17) is 15.6 Å². The van der Waals surface area contributed by atoms with Crippen LogP contribution in [0.4, 0.5) is 5.69 Å². The molecule has 5 heteroatoms. The minimum Gasteiger partial charge on any atom is -0.465 e. The number of esters is 1. The molecule has 0 atom stereocenters. The molecule has 0 amide bonds. The molecule has 2 aromatic rings. The molecule has 0 saturated carbocycles. The molecular weight excluding hydrogens is 258 g/mol. The normalized spacial score (nSPS) is 10.1. The SMILES string of the molecule is COC(=O)c1ccc(Oc2ccc(CO)cc2)c(N)c1. The van der Waals surface area contributed by atoms with E-state index < -0.39 is 5.97 Å². The monoisotopic (exact) mass is 273 g/mol. The number of carbonyl (C=O) groups excluding carboxylic acids is 1. The van der Waals surface area contributed by atoms with Crippen LogP contribution in [0.15, 0.2) is 42.5 Å². The lowest BCUT2D eigenvalue weighted by atomic mass is 10.2. The van der Waals surface area contributed by atoms with Gasteiger partial charge < -0.3 is 20.3 Å². The largest absolute Gasteiger partial charge is 0.465 e. The first kappa shape index (κ1) is 13.9. The third kappa shape index (κ3) is 3.07. The zero-order valence-electron chi connectivity index (χ0n) is 11.0. The Balaban J connectivity index is 2.18. The first-order valence-electron chi connectivity index (χ1n) is 5.99. The summed E-state index contributed by atoms with van der Waals surface area (Å²) in [7, 11) is 1.31. The lowest BCUT2D eigenvalue weighted by molar-refractivity contribution is 0.0601. The Morgan fingerprint density at radius 3 is 2.45 bits per heavy atom. The first-order chi connectivity index (χ1) is 9.63. The second-order valence-corrected chi connectivity index (χ2v) is 4.15. The summed E-state index contributed by atoms with van der Waals surface area (Å²) in [5, 5.41) is 8.96. The highest BCUT2D eigenvalue weighted by Crippen LogP contribution is 2.28. The van der Waals surface area contributed by atoms with Gasteiger partial charge in [0.05, 0.1) is 25.0 Å². The van der Waals surface area contributed by atoms with Gasteiger partial charge in [-0.25, -0.2) is 4.79 Å². The highest BCUT2D eigenvalue weighted by atomic mass is 16.5. The van der Waals surface area contributed by atoms with Crippen LogP contribution in [-0.4, -0.2) is 18.2 Å². The van der Waals surface area contributed by atoms with E-state index in [1.165, 1.54) is 13.2 Å². The van der Waals surface area contributed by atoms with Crippen molar-refractivity contribution in [3.05, 3.63) is 53.6 Å². The van der Waals surface area contributed by atoms with Gasteiger partial charge in [0.25, 0.3) is 0 Å². The van der Waals surface area contributed by atoms with Gasteiger partial charge in [-0.3, -0.25) is 0 Å². The van der Waals surface area contributed by atoms with E-state index >= 15 is 0 Å². The van der Waals surface area contributed by atoms with Crippen LogP contribution in [0.25, 0.3) is 0 Å². The highest BCUT2D eigenvalue weighted by molar-refractivity contribution is 5.90. The maximum Gasteiger partial charge on any atom is 0.337 e. The van der Waals surface area contributed by atoms with Gasteiger partial charge in [0.1, 0.15) is 11.5 Å². The minimum absolute atomic E-state index is 0.0176. The zero-order valence-corrected chi connectivity index (χ0v) is 11.0. The molecule has 2 aromatic carbocycles. The van der Waals surface area contributed by atoms with Crippen molar-refractivity contribution in [3.63, 3.8) is 0 Å². The van der Waals surface area contributed by atoms with E-state index in [9.17, 15) is 4.79 Å². The van der Waals surface area contributed by atoms with Crippen LogP contribution in [0.3, 0.4) is 0 Å². The van der Waals surface area contributed by atoms with Crippen LogP contribution in [0.5, 0.6) is 11.5 Å². The van der Waals surface area contributed by atoms with E-state index in [0.717, 1.165) is 5.56 Å². The van der Waals surface area contributed by atoms with Crippen molar-refractivity contribution in [1.29, 1.82) is 0 Å². The van der Waals surface area contributed by atoms with E-state index in [0.29, 0.717) is 22.7 Å². The smallest absolute Gasteiger partial charge is 0.337 e. The summed E-state index contributed by atoms with van der Waals surface area (Å²) in [5.74, 6) is 0.602. The predicted molar refractivity (Wildman–Crippen MR) is 74.6 cm³/mol. The van der Waals surface area contributed by atoms with Gasteiger partial charge in [-0.15, -0.1) is 0 Å². The molecule has 0 aliphatic carbocycles. The second kappa shape index (κ2) is 6.08. The number of aliphatic hydroxyl groups is 1. The van der Waals surface area contributed by atoms with E-state index in [1.54, 1.807) is 36.4 Å². The Bertz CT molecular complexity index is 608. The Morgan fingerprint density at radius 1 is 1.20 bits per heavy atom. The topological polar surface area (TPSA) is 81.8 Å². The molecule has 20 heavy (non-hydrogen) atoms. The van der Waals surface area contributed by atoms with Crippen LogP contribution in [0, 0.1) is 0 Å². The number of anilines is 1. The number of ether oxygens (including phenoxy) is 2. The van der Waals surface area contributed by atoms with E-state index in [1.807, 2.05) is 0 Å². The van der Waals surface area contributed by atoms with E-state index in [-0.39, 0.29) is 6.61 Å². The quantitative estimate of drug-likeness (QED) is 0.660. The number of aliphatic hydroxyl groups excluding tert-OH is 1. The van der Waals surface area contributed by atoms with Crippen molar-refractivity contribution in [2.45, 2.75) is 6.61 Å². The number of nitrogens with two attached hydrogens (primary N) is 1. The first-order valence-corrected chi connectivity index (χ1v) is 5.99. The molecule has 0 fully saturated rings. The third-order valence-electron chi connectivity index (χ3n) is 2.76. The molecular formula is C15H15NO4. The third-order valence-corrected chi connectivity index (χ3v) is 2.76. The molecule has 5 nitrogen and oxygen atoms in total. The van der Waals surface area contributed by atoms with E-state index in [2.05, 4.69) is 4.74 Å². The molecule has 0 aliphatic heterocycles. The van der Waals surface area contributed by atoms with Gasteiger partial charge in [-0.05, 0) is 35.9 Å². The van der Waals surface area contributed by atoms with Gasteiger partial charge in [0.2, 0.25) is 0 Å². The fourth-order valence-corrected chi connectivity index (χ4v) is 1.68. The number of benzene rings is 2. The fraction of sp³-hybridized carbons (Fsp3) is 0.133. The molecule has 104 valence electrons. The summed E-state index contributed by atoms with van der Waals surface area (Å²) in [6, 6.07) is 11.7. The van der Waals surface area contributed by atoms with Gasteiger partial charge in [-0.1, -0.05) is 12.1 Å². The highest BCUT2D eigenvalue weighted by Gasteiger charge is 2.09. The van der Waals surface area contributed by atoms with Crippen molar-refractivity contribution in [2.75, 3.05) is 12.8 Å². The number of carbonyl (C=O) groups is 1. The molecule has 0 radical (unpaired) electrons. The Kier molecular flexibility index (Phi) is 4.22. The van der Waals surface area contributed by atoms with Crippen molar-refractivity contribution in [2.24, 2.45) is 0 Å². The molecule has 0 spiro atoms. The number of hydrogen-bond donors (Lipinski definition) is 2. The number of methoxy groups -OCH3 is 1. The van der Waals surface area contributed by atoms with Crippen molar-refractivity contribution in [1.82, 2.24) is 0 Å². The average Bonchev–Trinajstić information content (AvgIpc) is 2.49. The van der Waals surface area contributed by atoms with Crippen LogP contribution in [0.2, 0.25) is 0 Å². The standard InChI is InChI=1S/C15H15NO4/c1-19-15(18)11-4-7-14(13(16)8-11)20-12-5-2-10(9-17)3-6-12/h2-8,17H,9,16H2,1H3. The van der Waals surface area contributed by atoms with Crippen molar-refractivity contribution < 1.29 is 19.4 Å². The summed E-state index contributed by atoms with van der Waals surface area (Å²) in [4.78, 5) is 11.4. The maximum atomic E-state index is 11.4. The Hall–Kier alpha value is -2.53. The Labute approximate surface area is 116 Å². The maximum absolute atomic E-state index is 11.4. The minimum atomic E-state index is -0.449. The van der Waals surface area contributed by atoms with Crippen molar-refractivity contribution >= 4 is 11.7 Å². The lowest BCUT2D eigenvalue weighted by Crippen LogP contribution is -2.02. The Morgan fingerprint density at radius 2 is 1.90 bits per heavy atom. The second-order valence-electron chi connectivity index (χ2n) is 4.15. The van der Waals surface area contributed by atoms with Gasteiger partial charge >= 0.3 is 5.97 Å². The molecule has 0 unspecified atom stereocenters. The number of rotatable bonds is 4.